The number of carbonyl (C=O) groups excluding carboxylic acids is 1. The third kappa shape index (κ3) is 3.75. The fourth-order valence-corrected chi connectivity index (χ4v) is 2.43. The Bertz CT molecular complexity index is 868. The van der Waals surface area contributed by atoms with Crippen molar-refractivity contribution in [2.75, 3.05) is 0 Å². The van der Waals surface area contributed by atoms with Gasteiger partial charge in [0.1, 0.15) is 5.82 Å². The van der Waals surface area contributed by atoms with Crippen molar-refractivity contribution >= 4 is 5.91 Å². The van der Waals surface area contributed by atoms with Gasteiger partial charge in [0.25, 0.3) is 0 Å². The SMILES string of the molecule is Cc1ccc([C@H](NC(=O)Cc2n[nH]c(=O)[nH]2)c2ccncc2)cc1. The van der Waals surface area contributed by atoms with Crippen molar-refractivity contribution in [2.45, 2.75) is 19.4 Å². The van der Waals surface area contributed by atoms with Gasteiger partial charge in [0.15, 0.2) is 0 Å². The summed E-state index contributed by atoms with van der Waals surface area (Å²) in [4.78, 5) is 29.9. The van der Waals surface area contributed by atoms with Crippen molar-refractivity contribution in [3.05, 3.63) is 81.8 Å². The van der Waals surface area contributed by atoms with E-state index in [0.717, 1.165) is 16.7 Å². The lowest BCUT2D eigenvalue weighted by Crippen LogP contribution is -2.31. The lowest BCUT2D eigenvalue weighted by atomic mass is 9.98. The lowest BCUT2D eigenvalue weighted by molar-refractivity contribution is -0.121. The number of aryl methyl sites for hydroxylation is 1. The molecule has 1 aromatic carbocycles. The van der Waals surface area contributed by atoms with Gasteiger partial charge in [-0.05, 0) is 30.2 Å². The van der Waals surface area contributed by atoms with Crippen LogP contribution in [-0.4, -0.2) is 26.1 Å². The summed E-state index contributed by atoms with van der Waals surface area (Å²) in [5, 5.41) is 8.99. The monoisotopic (exact) mass is 323 g/mol. The molecule has 3 N–H and O–H groups in total. The molecule has 7 heteroatoms. The Kier molecular flexibility index (Phi) is 4.51. The maximum Gasteiger partial charge on any atom is 0.340 e. The standard InChI is InChI=1S/C17H17N5O2/c1-11-2-4-12(5-3-11)16(13-6-8-18-9-7-13)20-15(23)10-14-19-17(24)22-21-14/h2-9,16H,10H2,1H3,(H,20,23)(H2,19,21,22,24)/t16-/m0/s1. The van der Waals surface area contributed by atoms with Crippen molar-refractivity contribution in [1.29, 1.82) is 0 Å². The summed E-state index contributed by atoms with van der Waals surface area (Å²) in [5.74, 6) is 0.0648. The summed E-state index contributed by atoms with van der Waals surface area (Å²) < 4.78 is 0. The van der Waals surface area contributed by atoms with Gasteiger partial charge in [-0.25, -0.2) is 9.89 Å². The number of nitrogens with zero attached hydrogens (tertiary/aromatic N) is 2. The average Bonchev–Trinajstić information content (AvgIpc) is 2.99. The van der Waals surface area contributed by atoms with Crippen molar-refractivity contribution in [3.8, 4) is 0 Å². The first-order valence-corrected chi connectivity index (χ1v) is 7.51. The number of benzene rings is 1. The molecule has 3 aromatic rings. The minimum absolute atomic E-state index is 0.00775. The second-order valence-corrected chi connectivity index (χ2v) is 5.49. The van der Waals surface area contributed by atoms with Crippen molar-refractivity contribution in [3.63, 3.8) is 0 Å². The number of nitrogens with one attached hydrogen (secondary N) is 3. The molecule has 2 aromatic heterocycles. The van der Waals surface area contributed by atoms with Gasteiger partial charge in [-0.2, -0.15) is 5.10 Å². The molecule has 3 rings (SSSR count). The van der Waals surface area contributed by atoms with E-state index in [9.17, 15) is 9.59 Å². The van der Waals surface area contributed by atoms with E-state index >= 15 is 0 Å². The highest BCUT2D eigenvalue weighted by Gasteiger charge is 2.17. The predicted molar refractivity (Wildman–Crippen MR) is 88.3 cm³/mol. The molecule has 0 unspecified atom stereocenters. The van der Waals surface area contributed by atoms with Crippen LogP contribution >= 0.6 is 0 Å². The van der Waals surface area contributed by atoms with Crippen molar-refractivity contribution < 1.29 is 4.79 Å². The van der Waals surface area contributed by atoms with Gasteiger partial charge in [-0.15, -0.1) is 0 Å². The van der Waals surface area contributed by atoms with E-state index in [4.69, 9.17) is 0 Å². The van der Waals surface area contributed by atoms with Gasteiger partial charge in [0.2, 0.25) is 5.91 Å². The Morgan fingerprint density at radius 1 is 1.12 bits per heavy atom. The number of hydrogen-bond donors (Lipinski definition) is 3. The number of carbonyl (C=O) groups is 1. The summed E-state index contributed by atoms with van der Waals surface area (Å²) in [5.41, 5.74) is 2.61. The molecule has 0 aliphatic carbocycles. The molecule has 0 bridgehead atoms. The van der Waals surface area contributed by atoms with Gasteiger partial charge >= 0.3 is 5.69 Å². The molecule has 0 radical (unpaired) electrons. The highest BCUT2D eigenvalue weighted by molar-refractivity contribution is 5.78. The molecule has 0 saturated carbocycles. The smallest absolute Gasteiger partial charge is 0.340 e. The van der Waals surface area contributed by atoms with E-state index in [1.165, 1.54) is 0 Å². The summed E-state index contributed by atoms with van der Waals surface area (Å²) in [6.45, 7) is 2.01. The summed E-state index contributed by atoms with van der Waals surface area (Å²) in [7, 11) is 0. The average molecular weight is 323 g/mol. The second-order valence-electron chi connectivity index (χ2n) is 5.49. The minimum Gasteiger partial charge on any atom is -0.345 e. The summed E-state index contributed by atoms with van der Waals surface area (Å²) in [6.07, 6.45) is 3.37. The molecular formula is C17H17N5O2. The number of pyridine rings is 1. The van der Waals surface area contributed by atoms with Crippen LogP contribution in [0, 0.1) is 6.92 Å². The number of aromatic nitrogens is 4. The van der Waals surface area contributed by atoms with Gasteiger partial charge in [0.05, 0.1) is 12.5 Å². The number of hydrogen-bond acceptors (Lipinski definition) is 4. The van der Waals surface area contributed by atoms with Gasteiger partial charge in [-0.1, -0.05) is 29.8 Å². The molecule has 7 nitrogen and oxygen atoms in total. The Morgan fingerprint density at radius 3 is 2.42 bits per heavy atom. The predicted octanol–water partition coefficient (Wildman–Crippen LogP) is 1.25. The Hall–Kier alpha value is -3.22. The van der Waals surface area contributed by atoms with Crippen molar-refractivity contribution in [1.82, 2.24) is 25.5 Å². The maximum absolute atomic E-state index is 12.3. The lowest BCUT2D eigenvalue weighted by Gasteiger charge is -2.19. The van der Waals surface area contributed by atoms with E-state index < -0.39 is 5.69 Å². The minimum atomic E-state index is -0.429. The summed E-state index contributed by atoms with van der Waals surface area (Å²) >= 11 is 0. The van der Waals surface area contributed by atoms with Crippen LogP contribution in [0.4, 0.5) is 0 Å². The number of amides is 1. The molecule has 122 valence electrons. The molecule has 0 spiro atoms. The van der Waals surface area contributed by atoms with Crippen LogP contribution in [0.3, 0.4) is 0 Å². The first-order valence-electron chi connectivity index (χ1n) is 7.51. The highest BCUT2D eigenvalue weighted by atomic mass is 16.2. The fraction of sp³-hybridized carbons (Fsp3) is 0.176. The first-order chi connectivity index (χ1) is 11.6. The summed E-state index contributed by atoms with van der Waals surface area (Å²) in [6, 6.07) is 11.4. The zero-order valence-corrected chi connectivity index (χ0v) is 13.1. The van der Waals surface area contributed by atoms with E-state index in [-0.39, 0.29) is 18.4 Å². The molecule has 1 atom stereocenters. The molecule has 2 heterocycles. The fourth-order valence-electron chi connectivity index (χ4n) is 2.43. The van der Waals surface area contributed by atoms with Gasteiger partial charge in [-0.3, -0.25) is 14.8 Å². The van der Waals surface area contributed by atoms with Crippen LogP contribution in [0.25, 0.3) is 0 Å². The molecule has 0 saturated heterocycles. The maximum atomic E-state index is 12.3. The Balaban J connectivity index is 1.83. The van der Waals surface area contributed by atoms with E-state index in [0.29, 0.717) is 5.82 Å². The number of aromatic amines is 2. The van der Waals surface area contributed by atoms with Crippen LogP contribution in [-0.2, 0) is 11.2 Å². The Labute approximate surface area is 138 Å². The van der Waals surface area contributed by atoms with Crippen LogP contribution in [0.1, 0.15) is 28.6 Å². The van der Waals surface area contributed by atoms with Crippen LogP contribution in [0.15, 0.2) is 53.6 Å². The molecule has 0 aliphatic heterocycles. The molecule has 24 heavy (non-hydrogen) atoms. The van der Waals surface area contributed by atoms with Gasteiger partial charge < -0.3 is 5.32 Å². The number of rotatable bonds is 5. The Morgan fingerprint density at radius 2 is 1.79 bits per heavy atom. The van der Waals surface area contributed by atoms with Crippen LogP contribution in [0.5, 0.6) is 0 Å². The first kappa shape index (κ1) is 15.7. The normalized spacial score (nSPS) is 11.9. The van der Waals surface area contributed by atoms with E-state index in [2.05, 4.69) is 25.5 Å². The van der Waals surface area contributed by atoms with Crippen LogP contribution < -0.4 is 11.0 Å². The van der Waals surface area contributed by atoms with Gasteiger partial charge in [0, 0.05) is 12.4 Å². The molecule has 0 aliphatic rings. The second kappa shape index (κ2) is 6.91. The zero-order chi connectivity index (χ0) is 16.9. The quantitative estimate of drug-likeness (QED) is 0.657. The third-order valence-corrected chi connectivity index (χ3v) is 3.63. The molecule has 0 fully saturated rings. The molecule has 1 amide bonds. The van der Waals surface area contributed by atoms with Crippen LogP contribution in [0.2, 0.25) is 0 Å². The van der Waals surface area contributed by atoms with E-state index in [1.807, 2.05) is 43.3 Å². The third-order valence-electron chi connectivity index (χ3n) is 3.63. The topological polar surface area (TPSA) is 104 Å². The zero-order valence-electron chi connectivity index (χ0n) is 13.1. The largest absolute Gasteiger partial charge is 0.345 e. The molecular weight excluding hydrogens is 306 g/mol. The number of H-pyrrole nitrogens is 2. The van der Waals surface area contributed by atoms with Crippen molar-refractivity contribution in [2.24, 2.45) is 0 Å². The van der Waals surface area contributed by atoms with E-state index in [1.54, 1.807) is 12.4 Å². The highest BCUT2D eigenvalue weighted by Crippen LogP contribution is 2.22.